The molecule has 3 aromatic rings. The Kier molecular flexibility index (Phi) is 4.84. The van der Waals surface area contributed by atoms with Gasteiger partial charge in [0.05, 0.1) is 17.5 Å². The Morgan fingerprint density at radius 1 is 1.12 bits per heavy atom. The van der Waals surface area contributed by atoms with Crippen LogP contribution >= 0.6 is 11.3 Å². The molecule has 0 amide bonds. The molecule has 0 saturated heterocycles. The first kappa shape index (κ1) is 17.2. The van der Waals surface area contributed by atoms with Crippen LogP contribution in [0.15, 0.2) is 42.2 Å². The number of hydrogen-bond donors (Lipinski definition) is 0. The number of ether oxygens (including phenoxy) is 2. The van der Waals surface area contributed by atoms with Gasteiger partial charge in [-0.1, -0.05) is 12.1 Å². The second kappa shape index (κ2) is 7.06. The Bertz CT molecular complexity index is 837. The molecule has 3 rings (SSSR count). The molecular weight excluding hydrogens is 355 g/mol. The molecule has 1 aromatic carbocycles. The van der Waals surface area contributed by atoms with Crippen molar-refractivity contribution in [2.45, 2.75) is 12.8 Å². The van der Waals surface area contributed by atoms with E-state index < -0.39 is 17.6 Å². The third-order valence-corrected chi connectivity index (χ3v) is 4.02. The van der Waals surface area contributed by atoms with E-state index in [1.165, 1.54) is 24.6 Å². The van der Waals surface area contributed by atoms with Crippen LogP contribution in [0, 0.1) is 0 Å². The van der Waals surface area contributed by atoms with Crippen molar-refractivity contribution in [3.63, 3.8) is 0 Å². The Morgan fingerprint density at radius 3 is 2.48 bits per heavy atom. The number of rotatable bonds is 5. The molecule has 0 bridgehead atoms. The maximum absolute atomic E-state index is 13.2. The molecule has 0 fully saturated rings. The molecule has 0 spiro atoms. The van der Waals surface area contributed by atoms with E-state index in [0.717, 1.165) is 6.20 Å². The summed E-state index contributed by atoms with van der Waals surface area (Å²) in [5.41, 5.74) is 1.22. The van der Waals surface area contributed by atoms with Crippen molar-refractivity contribution in [2.24, 2.45) is 0 Å². The van der Waals surface area contributed by atoms with Crippen molar-refractivity contribution < 1.29 is 22.6 Å². The summed E-state index contributed by atoms with van der Waals surface area (Å²) < 4.78 is 49.9. The summed E-state index contributed by atoms with van der Waals surface area (Å²) in [6.07, 6.45) is -2.40. The normalized spacial score (nSPS) is 11.4. The minimum absolute atomic E-state index is 0.0633. The summed E-state index contributed by atoms with van der Waals surface area (Å²) in [4.78, 5) is 12.1. The van der Waals surface area contributed by atoms with Crippen molar-refractivity contribution in [1.82, 2.24) is 15.0 Å². The number of alkyl halides is 3. The predicted octanol–water partition coefficient (Wildman–Crippen LogP) is 4.21. The molecule has 9 heteroatoms. The third-order valence-electron chi connectivity index (χ3n) is 3.25. The molecule has 0 radical (unpaired) electrons. The fourth-order valence-corrected chi connectivity index (χ4v) is 2.55. The van der Waals surface area contributed by atoms with Crippen LogP contribution in [-0.2, 0) is 12.8 Å². The zero-order valence-corrected chi connectivity index (χ0v) is 13.8. The first-order valence-corrected chi connectivity index (χ1v) is 7.94. The zero-order chi connectivity index (χ0) is 17.9. The maximum Gasteiger partial charge on any atom is 0.423 e. The van der Waals surface area contributed by atoms with Crippen molar-refractivity contribution in [1.29, 1.82) is 0 Å². The Labute approximate surface area is 145 Å². The molecule has 25 heavy (non-hydrogen) atoms. The minimum atomic E-state index is -4.61. The fourth-order valence-electron chi connectivity index (χ4n) is 1.99. The topological polar surface area (TPSA) is 57.1 Å². The van der Waals surface area contributed by atoms with Gasteiger partial charge >= 0.3 is 6.18 Å². The van der Waals surface area contributed by atoms with Crippen molar-refractivity contribution in [3.8, 4) is 22.3 Å². The third kappa shape index (κ3) is 4.05. The van der Waals surface area contributed by atoms with Crippen LogP contribution in [0.1, 0.15) is 11.1 Å². The predicted molar refractivity (Wildman–Crippen MR) is 85.5 cm³/mol. The van der Waals surface area contributed by atoms with Crippen LogP contribution in [0.2, 0.25) is 0 Å². The number of nitrogens with zero attached hydrogens (tertiary/aromatic N) is 3. The van der Waals surface area contributed by atoms with Gasteiger partial charge in [-0.15, -0.1) is 11.3 Å². The lowest BCUT2D eigenvalue weighted by molar-refractivity contribution is -0.139. The summed E-state index contributed by atoms with van der Waals surface area (Å²) in [6.45, 7) is -0.0633. The van der Waals surface area contributed by atoms with Crippen LogP contribution in [-0.4, -0.2) is 22.1 Å². The Hall–Kier alpha value is -2.68. The van der Waals surface area contributed by atoms with Crippen LogP contribution < -0.4 is 9.47 Å². The van der Waals surface area contributed by atoms with E-state index in [9.17, 15) is 13.2 Å². The molecule has 0 N–H and O–H groups in total. The number of aromatic nitrogens is 3. The second-order valence-electron chi connectivity index (χ2n) is 4.91. The molecule has 2 heterocycles. The van der Waals surface area contributed by atoms with Crippen LogP contribution in [0.5, 0.6) is 11.6 Å². The first-order chi connectivity index (χ1) is 12.0. The number of methoxy groups -OCH3 is 1. The highest BCUT2D eigenvalue weighted by molar-refractivity contribution is 7.13. The standard InChI is InChI=1S/C16H12F3N3O2S/c1-23-11-4-2-10(3-5-11)8-24-15-12(16(17,18)19)6-21-14(22-15)13-7-20-9-25-13/h2-7,9H,8H2,1H3. The van der Waals surface area contributed by atoms with Gasteiger partial charge in [0, 0.05) is 12.4 Å². The molecule has 5 nitrogen and oxygen atoms in total. The summed E-state index contributed by atoms with van der Waals surface area (Å²) in [5, 5.41) is 0. The highest BCUT2D eigenvalue weighted by atomic mass is 32.1. The van der Waals surface area contributed by atoms with Crippen LogP contribution in [0.25, 0.3) is 10.7 Å². The van der Waals surface area contributed by atoms with E-state index in [0.29, 0.717) is 16.2 Å². The molecule has 0 unspecified atom stereocenters. The van der Waals surface area contributed by atoms with Gasteiger partial charge in [0.1, 0.15) is 17.9 Å². The van der Waals surface area contributed by atoms with Gasteiger partial charge in [-0.05, 0) is 17.7 Å². The van der Waals surface area contributed by atoms with Crippen LogP contribution in [0.4, 0.5) is 13.2 Å². The quantitative estimate of drug-likeness (QED) is 0.676. The van der Waals surface area contributed by atoms with E-state index in [2.05, 4.69) is 15.0 Å². The average molecular weight is 367 g/mol. The van der Waals surface area contributed by atoms with Crippen molar-refractivity contribution >= 4 is 11.3 Å². The summed E-state index contributed by atoms with van der Waals surface area (Å²) >= 11 is 1.23. The Balaban J connectivity index is 1.87. The van der Waals surface area contributed by atoms with Gasteiger partial charge in [0.15, 0.2) is 5.82 Å². The molecule has 0 atom stereocenters. The van der Waals surface area contributed by atoms with Gasteiger partial charge in [-0.25, -0.2) is 4.98 Å². The molecule has 0 aliphatic heterocycles. The lowest BCUT2D eigenvalue weighted by Gasteiger charge is -2.13. The highest BCUT2D eigenvalue weighted by Gasteiger charge is 2.36. The largest absolute Gasteiger partial charge is 0.497 e. The molecule has 130 valence electrons. The number of halogens is 3. The Morgan fingerprint density at radius 2 is 1.88 bits per heavy atom. The maximum atomic E-state index is 13.2. The van der Waals surface area contributed by atoms with Crippen LogP contribution in [0.3, 0.4) is 0 Å². The smallest absolute Gasteiger partial charge is 0.423 e. The van der Waals surface area contributed by atoms with Crippen molar-refractivity contribution in [2.75, 3.05) is 7.11 Å². The van der Waals surface area contributed by atoms with Gasteiger partial charge < -0.3 is 9.47 Å². The highest BCUT2D eigenvalue weighted by Crippen LogP contribution is 2.36. The molecule has 0 aliphatic rings. The van der Waals surface area contributed by atoms with E-state index in [1.807, 2.05) is 0 Å². The van der Waals surface area contributed by atoms with Crippen molar-refractivity contribution in [3.05, 3.63) is 53.3 Å². The zero-order valence-electron chi connectivity index (χ0n) is 12.9. The second-order valence-corrected chi connectivity index (χ2v) is 5.80. The summed E-state index contributed by atoms with van der Waals surface area (Å²) in [6, 6.07) is 6.81. The molecule has 0 aliphatic carbocycles. The fraction of sp³-hybridized carbons (Fsp3) is 0.188. The number of thiazole rings is 1. The first-order valence-electron chi connectivity index (χ1n) is 7.06. The lowest BCUT2D eigenvalue weighted by atomic mass is 10.2. The average Bonchev–Trinajstić information content (AvgIpc) is 3.14. The van der Waals surface area contributed by atoms with Gasteiger partial charge in [-0.3, -0.25) is 4.98 Å². The summed E-state index contributed by atoms with van der Waals surface area (Å²) in [7, 11) is 1.53. The SMILES string of the molecule is COc1ccc(COc2nc(-c3cncs3)ncc2C(F)(F)F)cc1. The van der Waals surface area contributed by atoms with E-state index in [4.69, 9.17) is 9.47 Å². The van der Waals surface area contributed by atoms with Gasteiger partial charge in [0.2, 0.25) is 5.88 Å². The number of hydrogen-bond acceptors (Lipinski definition) is 6. The molecule has 0 saturated carbocycles. The molecule has 2 aromatic heterocycles. The van der Waals surface area contributed by atoms with Gasteiger partial charge in [0.25, 0.3) is 0 Å². The lowest BCUT2D eigenvalue weighted by Crippen LogP contribution is -2.11. The monoisotopic (exact) mass is 367 g/mol. The van der Waals surface area contributed by atoms with E-state index in [1.54, 1.807) is 29.8 Å². The van der Waals surface area contributed by atoms with Gasteiger partial charge in [-0.2, -0.15) is 18.2 Å². The van der Waals surface area contributed by atoms with E-state index in [-0.39, 0.29) is 12.4 Å². The molecular formula is C16H12F3N3O2S. The number of benzene rings is 1. The summed E-state index contributed by atoms with van der Waals surface area (Å²) in [5.74, 6) is 0.274. The minimum Gasteiger partial charge on any atom is -0.497 e. The van der Waals surface area contributed by atoms with E-state index >= 15 is 0 Å².